The van der Waals surface area contributed by atoms with Crippen molar-refractivity contribution >= 4 is 11.7 Å². The summed E-state index contributed by atoms with van der Waals surface area (Å²) >= 11 is 0. The first-order chi connectivity index (χ1) is 13.1. The van der Waals surface area contributed by atoms with Crippen LogP contribution in [-0.2, 0) is 9.53 Å². The predicted molar refractivity (Wildman–Crippen MR) is 105 cm³/mol. The molecule has 1 amide bonds. The van der Waals surface area contributed by atoms with Crippen molar-refractivity contribution in [3.63, 3.8) is 0 Å². The molecule has 1 unspecified atom stereocenters. The van der Waals surface area contributed by atoms with Crippen LogP contribution in [0.3, 0.4) is 0 Å². The number of carbonyl (C=O) groups excluding carboxylic acids is 1. The Morgan fingerprint density at radius 2 is 2.00 bits per heavy atom. The fraction of sp³-hybridized carbons (Fsp3) is 0.650. The van der Waals surface area contributed by atoms with Crippen LogP contribution in [0.4, 0.5) is 5.82 Å². The van der Waals surface area contributed by atoms with Gasteiger partial charge in [0.1, 0.15) is 18.0 Å². The molecule has 1 aromatic rings. The van der Waals surface area contributed by atoms with Crippen LogP contribution in [-0.4, -0.2) is 60.2 Å². The summed E-state index contributed by atoms with van der Waals surface area (Å²) in [6, 6.07) is 5.98. The smallest absolute Gasteiger partial charge is 0.252 e. The van der Waals surface area contributed by atoms with E-state index in [1.54, 1.807) is 12.3 Å². The standard InChI is InChI=1S/C18H25N5O2.C2H6/c1-13(20)12-25-16-6-9-23(18(16)24)15-4-7-22(8-5-15)17-3-2-14(10-19)11-21-17;1-2/h2-3,11,13,15-16H,4-9,12,20H2,1H3;1-2H3/t13-,16?;/m0./s1. The zero-order valence-corrected chi connectivity index (χ0v) is 16.6. The Hall–Kier alpha value is -2.17. The normalized spacial score (nSPS) is 21.4. The van der Waals surface area contributed by atoms with Gasteiger partial charge in [-0.15, -0.1) is 0 Å². The minimum atomic E-state index is -0.329. The molecule has 2 aliphatic rings. The van der Waals surface area contributed by atoms with Crippen molar-refractivity contribution in [2.75, 3.05) is 31.1 Å². The van der Waals surface area contributed by atoms with Gasteiger partial charge in [0.15, 0.2) is 0 Å². The van der Waals surface area contributed by atoms with Crippen LogP contribution in [0, 0.1) is 11.3 Å². The summed E-state index contributed by atoms with van der Waals surface area (Å²) in [7, 11) is 0. The van der Waals surface area contributed by atoms with Crippen molar-refractivity contribution in [1.82, 2.24) is 9.88 Å². The van der Waals surface area contributed by atoms with Crippen molar-refractivity contribution < 1.29 is 9.53 Å². The summed E-state index contributed by atoms with van der Waals surface area (Å²) in [6.45, 7) is 8.79. The highest BCUT2D eigenvalue weighted by Crippen LogP contribution is 2.26. The maximum Gasteiger partial charge on any atom is 0.252 e. The summed E-state index contributed by atoms with van der Waals surface area (Å²) in [5.41, 5.74) is 6.27. The van der Waals surface area contributed by atoms with E-state index in [1.165, 1.54) is 0 Å². The third-order valence-electron chi connectivity index (χ3n) is 4.86. The van der Waals surface area contributed by atoms with Crippen LogP contribution in [0.1, 0.15) is 45.6 Å². The molecule has 7 heteroatoms. The van der Waals surface area contributed by atoms with Gasteiger partial charge in [-0.25, -0.2) is 4.98 Å². The van der Waals surface area contributed by atoms with Gasteiger partial charge < -0.3 is 20.3 Å². The summed E-state index contributed by atoms with van der Waals surface area (Å²) in [6.07, 6.45) is 3.87. The maximum atomic E-state index is 12.5. The average Bonchev–Trinajstić information content (AvgIpc) is 3.08. The Bertz CT molecular complexity index is 633. The number of nitrogens with zero attached hydrogens (tertiary/aromatic N) is 4. The van der Waals surface area contributed by atoms with Crippen LogP contribution >= 0.6 is 0 Å². The number of likely N-dealkylation sites (tertiary alicyclic amines) is 1. The summed E-state index contributed by atoms with van der Waals surface area (Å²) < 4.78 is 5.65. The number of hydrogen-bond donors (Lipinski definition) is 1. The first-order valence-corrected chi connectivity index (χ1v) is 9.87. The maximum absolute atomic E-state index is 12.5. The van der Waals surface area contributed by atoms with E-state index >= 15 is 0 Å². The molecule has 0 radical (unpaired) electrons. The van der Waals surface area contributed by atoms with Crippen LogP contribution in [0.25, 0.3) is 0 Å². The van der Waals surface area contributed by atoms with Gasteiger partial charge in [0.2, 0.25) is 0 Å². The van der Waals surface area contributed by atoms with E-state index < -0.39 is 0 Å². The van der Waals surface area contributed by atoms with Crippen molar-refractivity contribution in [3.8, 4) is 6.07 Å². The minimum absolute atomic E-state index is 0.0509. The lowest BCUT2D eigenvalue weighted by Gasteiger charge is -2.37. The van der Waals surface area contributed by atoms with Crippen molar-refractivity contribution in [2.45, 2.75) is 58.2 Å². The average molecular weight is 374 g/mol. The zero-order valence-electron chi connectivity index (χ0n) is 16.6. The SMILES string of the molecule is CC.C[C@H](N)COC1CCN(C2CCN(c3ccc(C#N)cn3)CC2)C1=O. The number of ether oxygens (including phenoxy) is 1. The number of amides is 1. The molecule has 2 atom stereocenters. The number of aromatic nitrogens is 1. The van der Waals surface area contributed by atoms with E-state index in [-0.39, 0.29) is 24.1 Å². The van der Waals surface area contributed by atoms with Crippen molar-refractivity contribution in [3.05, 3.63) is 23.9 Å². The molecule has 3 heterocycles. The molecule has 0 spiro atoms. The van der Waals surface area contributed by atoms with E-state index in [2.05, 4.69) is 16.0 Å². The highest BCUT2D eigenvalue weighted by molar-refractivity contribution is 5.83. The second-order valence-electron chi connectivity index (χ2n) is 6.85. The van der Waals surface area contributed by atoms with Crippen LogP contribution < -0.4 is 10.6 Å². The third-order valence-corrected chi connectivity index (χ3v) is 4.86. The molecule has 2 N–H and O–H groups in total. The fourth-order valence-electron chi connectivity index (χ4n) is 3.51. The molecular formula is C20H31N5O2. The Labute approximate surface area is 162 Å². The van der Waals surface area contributed by atoms with Gasteiger partial charge in [0.25, 0.3) is 5.91 Å². The summed E-state index contributed by atoms with van der Waals surface area (Å²) in [5, 5.41) is 8.85. The van der Waals surface area contributed by atoms with Gasteiger partial charge in [-0.2, -0.15) is 5.26 Å². The highest BCUT2D eigenvalue weighted by Gasteiger charge is 2.37. The number of nitriles is 1. The van der Waals surface area contributed by atoms with Gasteiger partial charge in [0.05, 0.1) is 12.2 Å². The highest BCUT2D eigenvalue weighted by atomic mass is 16.5. The second-order valence-corrected chi connectivity index (χ2v) is 6.85. The van der Waals surface area contributed by atoms with Crippen LogP contribution in [0.2, 0.25) is 0 Å². The molecule has 0 bridgehead atoms. The molecule has 2 saturated heterocycles. The largest absolute Gasteiger partial charge is 0.367 e. The number of rotatable bonds is 5. The van der Waals surface area contributed by atoms with Crippen molar-refractivity contribution in [2.24, 2.45) is 5.73 Å². The lowest BCUT2D eigenvalue weighted by Crippen LogP contribution is -2.47. The molecule has 27 heavy (non-hydrogen) atoms. The Kier molecular flexibility index (Phi) is 8.01. The van der Waals surface area contributed by atoms with Gasteiger partial charge in [0, 0.05) is 44.3 Å². The molecular weight excluding hydrogens is 342 g/mol. The minimum Gasteiger partial charge on any atom is -0.367 e. The molecule has 1 aromatic heterocycles. The molecule has 0 aliphatic carbocycles. The summed E-state index contributed by atoms with van der Waals surface area (Å²) in [4.78, 5) is 21.1. The number of anilines is 1. The zero-order chi connectivity index (χ0) is 19.8. The number of nitrogens with two attached hydrogens (primary N) is 1. The van der Waals surface area contributed by atoms with E-state index in [9.17, 15) is 4.79 Å². The van der Waals surface area contributed by atoms with E-state index in [1.807, 2.05) is 31.7 Å². The lowest BCUT2D eigenvalue weighted by atomic mass is 10.0. The van der Waals surface area contributed by atoms with Crippen LogP contribution in [0.15, 0.2) is 18.3 Å². The molecule has 148 valence electrons. The molecule has 2 fully saturated rings. The number of piperidine rings is 1. The fourth-order valence-corrected chi connectivity index (χ4v) is 3.51. The van der Waals surface area contributed by atoms with Gasteiger partial charge >= 0.3 is 0 Å². The first-order valence-electron chi connectivity index (χ1n) is 9.87. The van der Waals surface area contributed by atoms with E-state index in [0.717, 1.165) is 44.7 Å². The quantitative estimate of drug-likeness (QED) is 0.847. The second kappa shape index (κ2) is 10.2. The third kappa shape index (κ3) is 5.41. The molecule has 0 saturated carbocycles. The Balaban J connectivity index is 0.00000126. The topological polar surface area (TPSA) is 95.5 Å². The monoisotopic (exact) mass is 373 g/mol. The number of hydrogen-bond acceptors (Lipinski definition) is 6. The van der Waals surface area contributed by atoms with Gasteiger partial charge in [-0.3, -0.25) is 4.79 Å². The predicted octanol–water partition coefficient (Wildman–Crippen LogP) is 1.91. The van der Waals surface area contributed by atoms with E-state index in [4.69, 9.17) is 15.7 Å². The summed E-state index contributed by atoms with van der Waals surface area (Å²) in [5.74, 6) is 0.999. The number of pyridine rings is 1. The molecule has 3 rings (SSSR count). The molecule has 0 aromatic carbocycles. The van der Waals surface area contributed by atoms with Crippen molar-refractivity contribution in [1.29, 1.82) is 5.26 Å². The molecule has 7 nitrogen and oxygen atoms in total. The lowest BCUT2D eigenvalue weighted by molar-refractivity contribution is -0.139. The van der Waals surface area contributed by atoms with Gasteiger partial charge in [-0.05, 0) is 31.9 Å². The first kappa shape index (κ1) is 21.1. The van der Waals surface area contributed by atoms with E-state index in [0.29, 0.717) is 12.2 Å². The van der Waals surface area contributed by atoms with Gasteiger partial charge in [-0.1, -0.05) is 13.8 Å². The van der Waals surface area contributed by atoms with Crippen LogP contribution in [0.5, 0.6) is 0 Å². The number of carbonyl (C=O) groups is 1. The Morgan fingerprint density at radius 1 is 1.30 bits per heavy atom. The molecule has 2 aliphatic heterocycles. The Morgan fingerprint density at radius 3 is 2.56 bits per heavy atom.